The summed E-state index contributed by atoms with van der Waals surface area (Å²) in [7, 11) is 3.11. The molecule has 0 aliphatic rings. The van der Waals surface area contributed by atoms with Crippen LogP contribution in [0.1, 0.15) is 22.0 Å². The molecule has 0 saturated carbocycles. The van der Waals surface area contributed by atoms with E-state index in [4.69, 9.17) is 23.2 Å². The molecule has 8 nitrogen and oxygen atoms in total. The lowest BCUT2D eigenvalue weighted by molar-refractivity contribution is 0.0395. The average molecular weight is 394 g/mol. The van der Waals surface area contributed by atoms with Gasteiger partial charge in [-0.15, -0.1) is 0 Å². The largest absolute Gasteiger partial charge is 0.497 e. The lowest BCUT2D eigenvalue weighted by Gasteiger charge is -2.07. The second-order valence-corrected chi connectivity index (χ2v) is 6.21. The molecule has 0 radical (unpaired) electrons. The Bertz CT molecular complexity index is 1180. The average Bonchev–Trinajstić information content (AvgIpc) is 3.36. The van der Waals surface area contributed by atoms with E-state index in [9.17, 15) is 4.79 Å². The van der Waals surface area contributed by atoms with Crippen LogP contribution in [0.25, 0.3) is 22.4 Å². The van der Waals surface area contributed by atoms with Crippen molar-refractivity contribution in [1.82, 2.24) is 10.1 Å². The van der Waals surface area contributed by atoms with Gasteiger partial charge >= 0.3 is 5.97 Å². The molecule has 2 aromatic carbocycles. The molecule has 0 spiro atoms. The quantitative estimate of drug-likeness (QED) is 0.450. The summed E-state index contributed by atoms with van der Waals surface area (Å²) in [6, 6.07) is 12.6. The van der Waals surface area contributed by atoms with Crippen molar-refractivity contribution in [2.45, 2.75) is 13.5 Å². The van der Waals surface area contributed by atoms with Crippen molar-refractivity contribution in [2.75, 3.05) is 14.2 Å². The number of carbonyl (C=O) groups is 1. The number of hydrogen-bond acceptors (Lipinski definition) is 8. The Labute approximate surface area is 166 Å². The van der Waals surface area contributed by atoms with Gasteiger partial charge in [-0.05, 0) is 25.1 Å². The summed E-state index contributed by atoms with van der Waals surface area (Å²) in [5.74, 6) is 1.20. The van der Waals surface area contributed by atoms with Crippen LogP contribution >= 0.6 is 0 Å². The fourth-order valence-electron chi connectivity index (χ4n) is 2.97. The molecule has 29 heavy (non-hydrogen) atoms. The van der Waals surface area contributed by atoms with Crippen LogP contribution in [0.3, 0.4) is 0 Å². The third-order valence-electron chi connectivity index (χ3n) is 4.47. The molecule has 148 valence electrons. The zero-order valence-electron chi connectivity index (χ0n) is 16.1. The molecule has 0 aliphatic heterocycles. The van der Waals surface area contributed by atoms with Crippen LogP contribution in [-0.2, 0) is 11.3 Å². The standard InChI is InChI=1S/C21H18N2O6/c1-12-14-6-4-5-7-16(14)28-19(12)21(24)27-11-18-22-20(23-29-18)15-9-8-13(25-2)10-17(15)26-3/h4-10H,11H2,1-3H3. The summed E-state index contributed by atoms with van der Waals surface area (Å²) in [6.07, 6.45) is 0. The van der Waals surface area contributed by atoms with Crippen molar-refractivity contribution < 1.29 is 27.9 Å². The van der Waals surface area contributed by atoms with E-state index in [0.29, 0.717) is 28.5 Å². The lowest BCUT2D eigenvalue weighted by atomic mass is 10.1. The van der Waals surface area contributed by atoms with Gasteiger partial charge in [0.15, 0.2) is 6.61 Å². The molecule has 2 aromatic heterocycles. The summed E-state index contributed by atoms with van der Waals surface area (Å²) in [5.41, 5.74) is 1.98. The number of nitrogens with zero attached hydrogens (tertiary/aromatic N) is 2. The molecule has 0 fully saturated rings. The first-order valence-corrected chi connectivity index (χ1v) is 8.81. The van der Waals surface area contributed by atoms with Crippen molar-refractivity contribution in [3.05, 3.63) is 59.7 Å². The summed E-state index contributed by atoms with van der Waals surface area (Å²) in [4.78, 5) is 16.7. The van der Waals surface area contributed by atoms with Gasteiger partial charge in [-0.25, -0.2) is 4.79 Å². The molecule has 0 bridgehead atoms. The number of aryl methyl sites for hydroxylation is 1. The van der Waals surface area contributed by atoms with Gasteiger partial charge in [0.25, 0.3) is 5.89 Å². The summed E-state index contributed by atoms with van der Waals surface area (Å²) in [5, 5.41) is 4.80. The molecule has 0 aliphatic carbocycles. The molecule has 8 heteroatoms. The smallest absolute Gasteiger partial charge is 0.375 e. The van der Waals surface area contributed by atoms with Gasteiger partial charge in [0.2, 0.25) is 11.6 Å². The molecule has 4 rings (SSSR count). The number of benzene rings is 2. The number of para-hydroxylation sites is 1. The highest BCUT2D eigenvalue weighted by molar-refractivity contribution is 5.95. The molecular weight excluding hydrogens is 376 g/mol. The van der Waals surface area contributed by atoms with Crippen LogP contribution < -0.4 is 9.47 Å². The molecule has 0 saturated heterocycles. The van der Waals surface area contributed by atoms with Crippen molar-refractivity contribution in [3.63, 3.8) is 0 Å². The van der Waals surface area contributed by atoms with E-state index in [-0.39, 0.29) is 18.3 Å². The van der Waals surface area contributed by atoms with Crippen LogP contribution in [0.15, 0.2) is 51.4 Å². The number of carbonyl (C=O) groups excluding carboxylic acids is 1. The van der Waals surface area contributed by atoms with Crippen LogP contribution in [-0.4, -0.2) is 30.3 Å². The topological polar surface area (TPSA) is 96.8 Å². The normalized spacial score (nSPS) is 10.9. The van der Waals surface area contributed by atoms with Crippen molar-refractivity contribution in [3.8, 4) is 22.9 Å². The van der Waals surface area contributed by atoms with Gasteiger partial charge in [-0.1, -0.05) is 23.4 Å². The number of fused-ring (bicyclic) bond motifs is 1. The molecule has 2 heterocycles. The number of hydrogen-bond donors (Lipinski definition) is 0. The Morgan fingerprint density at radius 3 is 2.69 bits per heavy atom. The number of esters is 1. The monoisotopic (exact) mass is 394 g/mol. The van der Waals surface area contributed by atoms with Gasteiger partial charge in [0.1, 0.15) is 17.1 Å². The Kier molecular flexibility index (Phi) is 4.90. The van der Waals surface area contributed by atoms with Gasteiger partial charge in [-0.2, -0.15) is 4.98 Å². The Morgan fingerprint density at radius 1 is 1.10 bits per heavy atom. The number of methoxy groups -OCH3 is 2. The van der Waals surface area contributed by atoms with E-state index < -0.39 is 5.97 Å². The highest BCUT2D eigenvalue weighted by Gasteiger charge is 2.20. The summed E-state index contributed by atoms with van der Waals surface area (Å²) >= 11 is 0. The Balaban J connectivity index is 1.49. The second kappa shape index (κ2) is 7.67. The van der Waals surface area contributed by atoms with Crippen molar-refractivity contribution >= 4 is 16.9 Å². The lowest BCUT2D eigenvalue weighted by Crippen LogP contribution is -2.05. The highest BCUT2D eigenvalue weighted by Crippen LogP contribution is 2.31. The first kappa shape index (κ1) is 18.5. The number of aromatic nitrogens is 2. The Hall–Kier alpha value is -3.81. The molecular formula is C21H18N2O6. The fourth-order valence-corrected chi connectivity index (χ4v) is 2.97. The zero-order valence-corrected chi connectivity index (χ0v) is 16.1. The van der Waals surface area contributed by atoms with Crippen molar-refractivity contribution in [1.29, 1.82) is 0 Å². The maximum absolute atomic E-state index is 12.4. The first-order chi connectivity index (χ1) is 14.1. The SMILES string of the molecule is COc1ccc(-c2noc(COC(=O)c3oc4ccccc4c3C)n2)c(OC)c1. The highest BCUT2D eigenvalue weighted by atomic mass is 16.6. The number of rotatable bonds is 6. The molecule has 4 aromatic rings. The van der Waals surface area contributed by atoms with Gasteiger partial charge in [0, 0.05) is 17.0 Å². The van der Waals surface area contributed by atoms with E-state index in [1.807, 2.05) is 25.1 Å². The van der Waals surface area contributed by atoms with E-state index >= 15 is 0 Å². The zero-order chi connectivity index (χ0) is 20.4. The third-order valence-corrected chi connectivity index (χ3v) is 4.47. The minimum Gasteiger partial charge on any atom is -0.497 e. The first-order valence-electron chi connectivity index (χ1n) is 8.81. The van der Waals surface area contributed by atoms with E-state index in [0.717, 1.165) is 10.9 Å². The molecule has 0 N–H and O–H groups in total. The Morgan fingerprint density at radius 2 is 1.93 bits per heavy atom. The molecule has 0 unspecified atom stereocenters. The van der Waals surface area contributed by atoms with Gasteiger partial charge in [0.05, 0.1) is 19.8 Å². The predicted octanol–water partition coefficient (Wildman–Crippen LogP) is 4.17. The van der Waals surface area contributed by atoms with Crippen LogP contribution in [0.2, 0.25) is 0 Å². The maximum Gasteiger partial charge on any atom is 0.375 e. The van der Waals surface area contributed by atoms with Crippen LogP contribution in [0, 0.1) is 6.92 Å². The van der Waals surface area contributed by atoms with E-state index in [1.165, 1.54) is 7.11 Å². The van der Waals surface area contributed by atoms with Gasteiger partial charge < -0.3 is 23.2 Å². The minimum absolute atomic E-state index is 0.153. The van der Waals surface area contributed by atoms with Crippen LogP contribution in [0.4, 0.5) is 0 Å². The van der Waals surface area contributed by atoms with Crippen molar-refractivity contribution in [2.24, 2.45) is 0 Å². The fraction of sp³-hybridized carbons (Fsp3) is 0.190. The molecule has 0 atom stereocenters. The maximum atomic E-state index is 12.4. The third kappa shape index (κ3) is 3.52. The minimum atomic E-state index is -0.597. The predicted molar refractivity (Wildman–Crippen MR) is 103 cm³/mol. The number of furan rings is 1. The van der Waals surface area contributed by atoms with Gasteiger partial charge in [-0.3, -0.25) is 0 Å². The van der Waals surface area contributed by atoms with E-state index in [2.05, 4.69) is 10.1 Å². The summed E-state index contributed by atoms with van der Waals surface area (Å²) < 4.78 is 26.6. The summed E-state index contributed by atoms with van der Waals surface area (Å²) in [6.45, 7) is 1.63. The van der Waals surface area contributed by atoms with E-state index in [1.54, 1.807) is 31.4 Å². The van der Waals surface area contributed by atoms with Crippen LogP contribution in [0.5, 0.6) is 11.5 Å². The molecule has 0 amide bonds. The number of ether oxygens (including phenoxy) is 3. The second-order valence-electron chi connectivity index (χ2n) is 6.21.